The van der Waals surface area contributed by atoms with Gasteiger partial charge in [-0.25, -0.2) is 31.9 Å². The molecule has 0 saturated heterocycles. The number of imidazole rings is 1. The highest BCUT2D eigenvalue weighted by Crippen LogP contribution is 2.37. The number of guanidine groups is 1. The van der Waals surface area contributed by atoms with Crippen LogP contribution >= 0.6 is 11.6 Å². The summed E-state index contributed by atoms with van der Waals surface area (Å²) < 4.78 is 50.4. The molecule has 1 N–H and O–H groups in total. The summed E-state index contributed by atoms with van der Waals surface area (Å²) in [6.45, 7) is 6.54. The first-order valence-corrected chi connectivity index (χ1v) is 13.7. The van der Waals surface area contributed by atoms with E-state index in [0.29, 0.717) is 22.0 Å². The van der Waals surface area contributed by atoms with Crippen molar-refractivity contribution in [1.29, 1.82) is 0 Å². The first kappa shape index (κ1) is 27.6. The minimum absolute atomic E-state index is 0.0312. The van der Waals surface area contributed by atoms with E-state index in [1.165, 1.54) is 20.0 Å². The Morgan fingerprint density at radius 1 is 1.24 bits per heavy atom. The van der Waals surface area contributed by atoms with Gasteiger partial charge in [0, 0.05) is 31.7 Å². The molecule has 2 heterocycles. The van der Waals surface area contributed by atoms with Crippen LogP contribution < -0.4 is 10.2 Å². The van der Waals surface area contributed by atoms with Gasteiger partial charge in [0.25, 0.3) is 0 Å². The number of anilines is 1. The monoisotopic (exact) mass is 564 g/mol. The predicted octanol–water partition coefficient (Wildman–Crippen LogP) is 4.26. The fourth-order valence-corrected chi connectivity index (χ4v) is 5.88. The number of aliphatic imine (C=N–C) groups is 1. The number of nitrogens with one attached hydrogen (secondary N) is 1. The van der Waals surface area contributed by atoms with Crippen molar-refractivity contribution in [3.05, 3.63) is 52.8 Å². The highest BCUT2D eigenvalue weighted by molar-refractivity contribution is 7.89. The van der Waals surface area contributed by atoms with Gasteiger partial charge in [-0.15, -0.1) is 0 Å². The van der Waals surface area contributed by atoms with Gasteiger partial charge in [0.05, 0.1) is 22.5 Å². The molecule has 13 heteroatoms. The van der Waals surface area contributed by atoms with Crippen LogP contribution in [0.4, 0.5) is 15.1 Å². The topological polar surface area (TPSA) is 109 Å². The summed E-state index contributed by atoms with van der Waals surface area (Å²) in [4.78, 5) is 23.3. The number of nitrogens with zero attached hydrogens (tertiary/aromatic N) is 5. The summed E-state index contributed by atoms with van der Waals surface area (Å²) in [6, 6.07) is 9.81. The number of ether oxygens (including phenoxy) is 1. The molecule has 38 heavy (non-hydrogen) atoms. The first-order valence-electron chi connectivity index (χ1n) is 11.7. The summed E-state index contributed by atoms with van der Waals surface area (Å²) in [5.74, 6) is -1.02. The van der Waals surface area contributed by atoms with Crippen LogP contribution in [-0.4, -0.2) is 66.8 Å². The Morgan fingerprint density at radius 3 is 2.55 bits per heavy atom. The van der Waals surface area contributed by atoms with Gasteiger partial charge >= 0.3 is 6.09 Å². The summed E-state index contributed by atoms with van der Waals surface area (Å²) in [5, 5.41) is 2.85. The van der Waals surface area contributed by atoms with Crippen molar-refractivity contribution in [2.75, 3.05) is 31.8 Å². The Bertz CT molecular complexity index is 1560. The Morgan fingerprint density at radius 2 is 1.92 bits per heavy atom. The van der Waals surface area contributed by atoms with E-state index in [9.17, 15) is 13.2 Å². The Kier molecular flexibility index (Phi) is 6.86. The Hall–Kier alpha value is -3.38. The molecule has 0 bridgehead atoms. The molecule has 3 aromatic rings. The molecule has 1 amide bonds. The molecule has 4 rings (SSSR count). The van der Waals surface area contributed by atoms with Crippen molar-refractivity contribution < 1.29 is 22.3 Å². The van der Waals surface area contributed by atoms with Crippen molar-refractivity contribution in [1.82, 2.24) is 19.2 Å². The number of carbonyl (C=O) groups excluding carboxylic acids is 1. The molecule has 0 spiro atoms. The summed E-state index contributed by atoms with van der Waals surface area (Å²) in [7, 11) is 0.851. The number of hydrogen-bond donors (Lipinski definition) is 1. The third-order valence-electron chi connectivity index (χ3n) is 5.94. The Balaban J connectivity index is 1.88. The van der Waals surface area contributed by atoms with Gasteiger partial charge in [-0.2, -0.15) is 0 Å². The van der Waals surface area contributed by atoms with Gasteiger partial charge in [0.15, 0.2) is 5.82 Å². The first-order chi connectivity index (χ1) is 17.5. The molecule has 1 atom stereocenters. The fourth-order valence-electron chi connectivity index (χ4n) is 4.24. The van der Waals surface area contributed by atoms with Gasteiger partial charge < -0.3 is 9.64 Å². The van der Waals surface area contributed by atoms with Crippen LogP contribution in [0.25, 0.3) is 16.7 Å². The molecule has 2 aromatic carbocycles. The zero-order valence-corrected chi connectivity index (χ0v) is 23.8. The molecule has 1 aliphatic heterocycles. The van der Waals surface area contributed by atoms with Crippen LogP contribution in [0.3, 0.4) is 0 Å². The number of fused-ring (bicyclic) bond motifs is 1. The number of alkyl carbamates (subject to hydrolysis) is 1. The third kappa shape index (κ3) is 5.14. The van der Waals surface area contributed by atoms with Crippen LogP contribution in [0, 0.1) is 5.82 Å². The van der Waals surface area contributed by atoms with Crippen molar-refractivity contribution in [3.8, 4) is 5.69 Å². The second-order valence-electron chi connectivity index (χ2n) is 10.5. The summed E-state index contributed by atoms with van der Waals surface area (Å²) in [5.41, 5.74) is -1.02. The number of halogens is 2. The highest BCUT2D eigenvalue weighted by atomic mass is 35.5. The largest absolute Gasteiger partial charge is 0.444 e. The fraction of sp³-hybridized carbons (Fsp3) is 0.400. The van der Waals surface area contributed by atoms with Gasteiger partial charge in [-0.3, -0.25) is 9.88 Å². The van der Waals surface area contributed by atoms with Crippen molar-refractivity contribution in [2.24, 2.45) is 4.99 Å². The van der Waals surface area contributed by atoms with E-state index in [-0.39, 0.29) is 17.2 Å². The minimum atomic E-state index is -3.98. The van der Waals surface area contributed by atoms with Crippen LogP contribution in [0.1, 0.15) is 33.3 Å². The quantitative estimate of drug-likeness (QED) is 0.509. The molecule has 0 fully saturated rings. The number of aromatic nitrogens is 2. The van der Waals surface area contributed by atoms with Crippen LogP contribution in [0.2, 0.25) is 5.02 Å². The lowest BCUT2D eigenvalue weighted by Crippen LogP contribution is -2.54. The maximum Gasteiger partial charge on any atom is 0.414 e. The van der Waals surface area contributed by atoms with Gasteiger partial charge in [-0.1, -0.05) is 23.7 Å². The normalized spacial score (nSPS) is 19.3. The maximum absolute atomic E-state index is 16.4. The predicted molar refractivity (Wildman–Crippen MR) is 146 cm³/mol. The van der Waals surface area contributed by atoms with Crippen molar-refractivity contribution >= 4 is 50.7 Å². The molecule has 0 aliphatic carbocycles. The molecule has 1 aromatic heterocycles. The third-order valence-corrected chi connectivity index (χ3v) is 8.11. The van der Waals surface area contributed by atoms with Gasteiger partial charge in [-0.05, 0) is 52.0 Å². The summed E-state index contributed by atoms with van der Waals surface area (Å²) in [6.07, 6.45) is -0.880. The lowest BCUT2D eigenvalue weighted by atomic mass is 9.93. The van der Waals surface area contributed by atoms with E-state index in [2.05, 4.69) is 15.3 Å². The number of benzene rings is 2. The molecule has 10 nitrogen and oxygen atoms in total. The van der Waals surface area contributed by atoms with Crippen LogP contribution in [0.5, 0.6) is 0 Å². The molecular weight excluding hydrogens is 535 g/mol. The second-order valence-corrected chi connectivity index (χ2v) is 12.9. The Labute approximate surface area is 226 Å². The SMILES string of the molecule is CN(C)c1nc2ccc(Cl)cc2n1-c1cccc([C@]2(C)CS(=O)(=O)N(C)C(NC(=O)OC(C)(C)C)=N2)c1F. The van der Waals surface area contributed by atoms with E-state index < -0.39 is 38.8 Å². The molecule has 0 unspecified atom stereocenters. The number of sulfonamides is 1. The van der Waals surface area contributed by atoms with E-state index in [0.717, 1.165) is 4.31 Å². The molecule has 0 saturated carbocycles. The number of carbonyl (C=O) groups is 1. The number of hydrogen-bond acceptors (Lipinski definition) is 7. The van der Waals surface area contributed by atoms with Crippen molar-refractivity contribution in [2.45, 2.75) is 38.8 Å². The molecule has 0 radical (unpaired) electrons. The number of rotatable bonds is 3. The lowest BCUT2D eigenvalue weighted by molar-refractivity contribution is 0.0559. The zero-order chi connectivity index (χ0) is 28.2. The second kappa shape index (κ2) is 9.42. The van der Waals surface area contributed by atoms with E-state index in [1.54, 1.807) is 74.7 Å². The van der Waals surface area contributed by atoms with Gasteiger partial charge in [0.2, 0.25) is 21.9 Å². The van der Waals surface area contributed by atoms with Crippen LogP contribution in [0.15, 0.2) is 41.4 Å². The van der Waals surface area contributed by atoms with E-state index >= 15 is 4.39 Å². The highest BCUT2D eigenvalue weighted by Gasteiger charge is 2.43. The average Bonchev–Trinajstić information content (AvgIpc) is 3.14. The van der Waals surface area contributed by atoms with Crippen molar-refractivity contribution in [3.63, 3.8) is 0 Å². The molecular formula is C25H30ClFN6O4S. The van der Waals surface area contributed by atoms with Gasteiger partial charge in [0.1, 0.15) is 11.1 Å². The standard InChI is InChI=1S/C25H30ClFN6O4S/c1-24(2,3)37-23(34)29-21-30-25(4,14-38(35,36)32(21)7)16-9-8-10-18(20(16)27)33-19-13-15(26)11-12-17(19)28-22(33)31(5)6/h8-13H,14H2,1-7H3,(H,29,30,34)/t25-/m0/s1. The average molecular weight is 565 g/mol. The maximum atomic E-state index is 16.4. The molecule has 1 aliphatic rings. The van der Waals surface area contributed by atoms with E-state index in [1.807, 2.05) is 0 Å². The molecule has 204 valence electrons. The minimum Gasteiger partial charge on any atom is -0.444 e. The smallest absolute Gasteiger partial charge is 0.414 e. The zero-order valence-electron chi connectivity index (χ0n) is 22.2. The summed E-state index contributed by atoms with van der Waals surface area (Å²) >= 11 is 6.24. The lowest BCUT2D eigenvalue weighted by Gasteiger charge is -2.36. The number of amides is 1. The van der Waals surface area contributed by atoms with E-state index in [4.69, 9.17) is 16.3 Å². The van der Waals surface area contributed by atoms with Crippen LogP contribution in [-0.2, 0) is 20.3 Å².